The molecule has 1 amide bonds. The van der Waals surface area contributed by atoms with Gasteiger partial charge in [-0.05, 0) is 77.9 Å². The van der Waals surface area contributed by atoms with Crippen molar-refractivity contribution < 1.29 is 18.7 Å². The van der Waals surface area contributed by atoms with E-state index in [2.05, 4.69) is 5.32 Å². The Kier molecular flexibility index (Phi) is 5.97. The molecule has 0 unspecified atom stereocenters. The molecule has 0 saturated carbocycles. The van der Waals surface area contributed by atoms with E-state index in [4.69, 9.17) is 9.15 Å². The van der Waals surface area contributed by atoms with Crippen LogP contribution in [-0.4, -0.2) is 18.5 Å². The van der Waals surface area contributed by atoms with E-state index in [9.17, 15) is 9.59 Å². The summed E-state index contributed by atoms with van der Waals surface area (Å²) in [6, 6.07) is 9.23. The van der Waals surface area contributed by atoms with E-state index in [1.54, 1.807) is 12.1 Å². The fourth-order valence-corrected chi connectivity index (χ4v) is 2.43. The third kappa shape index (κ3) is 5.90. The molecular formula is C17H16INO4. The average Bonchev–Trinajstić information content (AvgIpc) is 2.87. The van der Waals surface area contributed by atoms with Crippen molar-refractivity contribution >= 4 is 46.2 Å². The number of furan rings is 1. The largest absolute Gasteiger partial charge is 0.452 e. The molecule has 2 aromatic rings. The summed E-state index contributed by atoms with van der Waals surface area (Å²) in [6.45, 7) is 3.55. The second-order valence-corrected chi connectivity index (χ2v) is 6.07. The Morgan fingerprint density at radius 1 is 1.22 bits per heavy atom. The van der Waals surface area contributed by atoms with Crippen LogP contribution in [0.2, 0.25) is 0 Å². The molecule has 0 radical (unpaired) electrons. The predicted octanol–water partition coefficient (Wildman–Crippen LogP) is 3.70. The number of carbonyl (C=O) groups is 2. The van der Waals surface area contributed by atoms with E-state index in [0.29, 0.717) is 11.4 Å². The molecule has 1 heterocycles. The molecule has 2 rings (SSSR count). The van der Waals surface area contributed by atoms with Gasteiger partial charge in [0.25, 0.3) is 5.91 Å². The van der Waals surface area contributed by atoms with E-state index in [0.717, 1.165) is 14.9 Å². The van der Waals surface area contributed by atoms with E-state index in [1.807, 2.05) is 54.6 Å². The highest BCUT2D eigenvalue weighted by atomic mass is 127. The lowest BCUT2D eigenvalue weighted by molar-refractivity contribution is -0.142. The maximum absolute atomic E-state index is 11.8. The number of amides is 1. The van der Waals surface area contributed by atoms with Crippen LogP contribution in [0, 0.1) is 17.6 Å². The molecule has 1 N–H and O–H groups in total. The standard InChI is InChI=1S/C17H16INO4/c1-11-7-12(2)9-13(8-11)19-16(20)10-22-17(21)6-4-14-3-5-15(18)23-14/h3-9H,10H2,1-2H3,(H,19,20)/b6-4+. The van der Waals surface area contributed by atoms with Gasteiger partial charge in [0.1, 0.15) is 5.76 Å². The summed E-state index contributed by atoms with van der Waals surface area (Å²) in [4.78, 5) is 23.3. The molecule has 0 atom stereocenters. The van der Waals surface area contributed by atoms with Crippen LogP contribution in [-0.2, 0) is 14.3 Å². The third-order valence-corrected chi connectivity index (χ3v) is 3.41. The number of halogens is 1. The van der Waals surface area contributed by atoms with Crippen LogP contribution >= 0.6 is 22.6 Å². The zero-order chi connectivity index (χ0) is 16.8. The smallest absolute Gasteiger partial charge is 0.331 e. The lowest BCUT2D eigenvalue weighted by Gasteiger charge is -2.07. The first-order chi connectivity index (χ1) is 10.9. The second-order valence-electron chi connectivity index (χ2n) is 5.01. The van der Waals surface area contributed by atoms with Crippen LogP contribution in [0.5, 0.6) is 0 Å². The second kappa shape index (κ2) is 7.96. The SMILES string of the molecule is Cc1cc(C)cc(NC(=O)COC(=O)/C=C/c2ccc(I)o2)c1. The lowest BCUT2D eigenvalue weighted by Crippen LogP contribution is -2.20. The third-order valence-electron chi connectivity index (χ3n) is 2.83. The molecule has 0 bridgehead atoms. The van der Waals surface area contributed by atoms with E-state index in [-0.39, 0.29) is 12.5 Å². The topological polar surface area (TPSA) is 68.5 Å². The highest BCUT2D eigenvalue weighted by Crippen LogP contribution is 2.14. The summed E-state index contributed by atoms with van der Waals surface area (Å²) >= 11 is 2.03. The van der Waals surface area contributed by atoms with Gasteiger partial charge in [0.15, 0.2) is 10.4 Å². The van der Waals surface area contributed by atoms with Crippen LogP contribution in [0.15, 0.2) is 40.8 Å². The molecule has 1 aromatic heterocycles. The van der Waals surface area contributed by atoms with Crippen LogP contribution in [0.1, 0.15) is 16.9 Å². The molecule has 23 heavy (non-hydrogen) atoms. The van der Waals surface area contributed by atoms with Gasteiger partial charge in [-0.1, -0.05) is 6.07 Å². The normalized spacial score (nSPS) is 10.7. The number of hydrogen-bond acceptors (Lipinski definition) is 4. The predicted molar refractivity (Wildman–Crippen MR) is 96.0 cm³/mol. The van der Waals surface area contributed by atoms with Gasteiger partial charge in [0, 0.05) is 11.8 Å². The number of aryl methyl sites for hydroxylation is 2. The minimum atomic E-state index is -0.605. The van der Waals surface area contributed by atoms with Gasteiger partial charge < -0.3 is 14.5 Å². The molecule has 6 heteroatoms. The van der Waals surface area contributed by atoms with E-state index in [1.165, 1.54) is 12.2 Å². The fraction of sp³-hybridized carbons (Fsp3) is 0.176. The van der Waals surface area contributed by atoms with Crippen LogP contribution in [0.4, 0.5) is 5.69 Å². The number of hydrogen-bond donors (Lipinski definition) is 1. The molecule has 0 saturated heterocycles. The molecule has 120 valence electrons. The van der Waals surface area contributed by atoms with Gasteiger partial charge >= 0.3 is 5.97 Å². The first-order valence-corrected chi connectivity index (χ1v) is 7.98. The van der Waals surface area contributed by atoms with E-state index < -0.39 is 5.97 Å². The van der Waals surface area contributed by atoms with Crippen molar-refractivity contribution in [2.45, 2.75) is 13.8 Å². The van der Waals surface area contributed by atoms with Crippen LogP contribution in [0.25, 0.3) is 6.08 Å². The monoisotopic (exact) mass is 425 g/mol. The van der Waals surface area contributed by atoms with Gasteiger partial charge in [-0.15, -0.1) is 0 Å². The zero-order valence-corrected chi connectivity index (χ0v) is 14.9. The van der Waals surface area contributed by atoms with Gasteiger partial charge in [0.2, 0.25) is 0 Å². The number of esters is 1. The molecule has 0 aliphatic carbocycles. The van der Waals surface area contributed by atoms with Crippen molar-refractivity contribution in [2.24, 2.45) is 0 Å². The van der Waals surface area contributed by atoms with Crippen LogP contribution in [0.3, 0.4) is 0 Å². The number of benzene rings is 1. The highest BCUT2D eigenvalue weighted by Gasteiger charge is 2.06. The Morgan fingerprint density at radius 3 is 2.52 bits per heavy atom. The number of nitrogens with one attached hydrogen (secondary N) is 1. The summed E-state index contributed by atoms with van der Waals surface area (Å²) in [6.07, 6.45) is 2.71. The molecule has 0 spiro atoms. The number of anilines is 1. The van der Waals surface area contributed by atoms with Crippen molar-refractivity contribution in [1.29, 1.82) is 0 Å². The van der Waals surface area contributed by atoms with E-state index >= 15 is 0 Å². The summed E-state index contributed by atoms with van der Waals surface area (Å²) in [5.41, 5.74) is 2.78. The van der Waals surface area contributed by atoms with Crippen molar-refractivity contribution in [3.63, 3.8) is 0 Å². The van der Waals surface area contributed by atoms with Crippen molar-refractivity contribution in [3.05, 3.63) is 57.1 Å². The molecular weight excluding hydrogens is 409 g/mol. The maximum Gasteiger partial charge on any atom is 0.331 e. The summed E-state index contributed by atoms with van der Waals surface area (Å²) in [7, 11) is 0. The highest BCUT2D eigenvalue weighted by molar-refractivity contribution is 14.1. The Morgan fingerprint density at radius 2 is 1.91 bits per heavy atom. The van der Waals surface area contributed by atoms with Gasteiger partial charge in [-0.2, -0.15) is 0 Å². The van der Waals surface area contributed by atoms with Crippen molar-refractivity contribution in [3.8, 4) is 0 Å². The minimum absolute atomic E-state index is 0.341. The maximum atomic E-state index is 11.8. The summed E-state index contributed by atoms with van der Waals surface area (Å²) in [5, 5.41) is 2.70. The molecule has 5 nitrogen and oxygen atoms in total. The molecule has 1 aromatic carbocycles. The Labute approximate surface area is 147 Å². The fourth-order valence-electron chi connectivity index (χ4n) is 2.00. The minimum Gasteiger partial charge on any atom is -0.452 e. The first-order valence-electron chi connectivity index (χ1n) is 6.91. The summed E-state index contributed by atoms with van der Waals surface area (Å²) < 4.78 is 10.9. The Balaban J connectivity index is 1.81. The van der Waals surface area contributed by atoms with Gasteiger partial charge in [-0.3, -0.25) is 4.79 Å². The van der Waals surface area contributed by atoms with Crippen LogP contribution < -0.4 is 5.32 Å². The van der Waals surface area contributed by atoms with Gasteiger partial charge in [0.05, 0.1) is 0 Å². The number of ether oxygens (including phenoxy) is 1. The molecule has 0 fully saturated rings. The Hall–Kier alpha value is -2.09. The summed E-state index contributed by atoms with van der Waals surface area (Å²) in [5.74, 6) is -0.442. The zero-order valence-electron chi connectivity index (χ0n) is 12.8. The van der Waals surface area contributed by atoms with Gasteiger partial charge in [-0.25, -0.2) is 4.79 Å². The number of carbonyl (C=O) groups excluding carboxylic acids is 2. The molecule has 0 aliphatic heterocycles. The number of rotatable bonds is 5. The Bertz CT molecular complexity index is 729. The lowest BCUT2D eigenvalue weighted by atomic mass is 10.1. The quantitative estimate of drug-likeness (QED) is 0.451. The first kappa shape index (κ1) is 17.3. The van der Waals surface area contributed by atoms with Crippen molar-refractivity contribution in [1.82, 2.24) is 0 Å². The molecule has 0 aliphatic rings. The van der Waals surface area contributed by atoms with Crippen molar-refractivity contribution in [2.75, 3.05) is 11.9 Å². The average molecular weight is 425 g/mol.